The minimum Gasteiger partial charge on any atom is -0.300 e. The Balaban J connectivity index is 1.95. The first-order valence-corrected chi connectivity index (χ1v) is 5.49. The Bertz CT molecular complexity index is 228. The lowest BCUT2D eigenvalue weighted by atomic mass is 9.77. The number of hydrogen-bond donors (Lipinski definition) is 0. The maximum absolute atomic E-state index is 11.5. The van der Waals surface area contributed by atoms with Gasteiger partial charge in [0.05, 0.1) is 0 Å². The van der Waals surface area contributed by atoms with Crippen molar-refractivity contribution >= 4 is 5.78 Å². The molecule has 2 aliphatic heterocycles. The summed E-state index contributed by atoms with van der Waals surface area (Å²) in [6.07, 6.45) is 5.84. The lowest BCUT2D eigenvalue weighted by Gasteiger charge is -2.47. The Kier molecular flexibility index (Phi) is 1.58. The summed E-state index contributed by atoms with van der Waals surface area (Å²) in [6.45, 7) is 0. The van der Waals surface area contributed by atoms with Gasteiger partial charge < -0.3 is 0 Å². The van der Waals surface area contributed by atoms with Gasteiger partial charge in [-0.25, -0.2) is 0 Å². The van der Waals surface area contributed by atoms with E-state index in [-0.39, 0.29) is 0 Å². The third-order valence-corrected chi connectivity index (χ3v) is 4.52. The highest BCUT2D eigenvalue weighted by molar-refractivity contribution is 5.80. The smallest absolute Gasteiger partial charge is 0.136 e. The van der Waals surface area contributed by atoms with E-state index in [9.17, 15) is 4.79 Å². The summed E-state index contributed by atoms with van der Waals surface area (Å²) in [7, 11) is 2.23. The topological polar surface area (TPSA) is 20.3 Å². The Morgan fingerprint density at radius 2 is 1.69 bits per heavy atom. The summed E-state index contributed by atoms with van der Waals surface area (Å²) in [4.78, 5) is 14.0. The molecule has 0 aromatic heterocycles. The standard InChI is InChI=1S/C11H17NO/c1-12-10-5-9(13)6-11(12)8-3-2-7(10)4-8/h7-8,10-11H,2-6H2,1H3/t7-,8-,10-,11+/m1/s1. The fourth-order valence-corrected chi connectivity index (χ4v) is 3.83. The van der Waals surface area contributed by atoms with E-state index in [0.29, 0.717) is 17.9 Å². The molecule has 4 bridgehead atoms. The van der Waals surface area contributed by atoms with Crippen LogP contribution in [0.1, 0.15) is 32.1 Å². The minimum atomic E-state index is 0.518. The summed E-state index contributed by atoms with van der Waals surface area (Å²) in [5, 5.41) is 0. The predicted octanol–water partition coefficient (Wildman–Crippen LogP) is 1.45. The molecule has 72 valence electrons. The van der Waals surface area contributed by atoms with Crippen LogP contribution in [0.25, 0.3) is 0 Å². The number of carbonyl (C=O) groups excluding carboxylic acids is 1. The first kappa shape index (κ1) is 7.98. The number of fused-ring (bicyclic) bond motifs is 6. The number of carbonyl (C=O) groups is 1. The third-order valence-electron chi connectivity index (χ3n) is 4.52. The van der Waals surface area contributed by atoms with Gasteiger partial charge in [-0.3, -0.25) is 9.69 Å². The quantitative estimate of drug-likeness (QED) is 0.561. The van der Waals surface area contributed by atoms with Crippen LogP contribution in [0.4, 0.5) is 0 Å². The van der Waals surface area contributed by atoms with Gasteiger partial charge in [0.15, 0.2) is 0 Å². The fourth-order valence-electron chi connectivity index (χ4n) is 3.83. The van der Waals surface area contributed by atoms with E-state index >= 15 is 0 Å². The van der Waals surface area contributed by atoms with E-state index in [4.69, 9.17) is 0 Å². The summed E-state index contributed by atoms with van der Waals surface area (Å²) < 4.78 is 0. The number of nitrogens with zero attached hydrogens (tertiary/aromatic N) is 1. The zero-order valence-corrected chi connectivity index (χ0v) is 8.20. The molecule has 0 spiro atoms. The second-order valence-electron chi connectivity index (χ2n) is 5.08. The molecule has 2 heteroatoms. The molecule has 3 fully saturated rings. The summed E-state index contributed by atoms with van der Waals surface area (Å²) in [6, 6.07) is 1.20. The molecular formula is C11H17NO. The molecule has 0 radical (unpaired) electrons. The molecule has 2 heterocycles. The molecule has 0 unspecified atom stereocenters. The molecule has 1 aliphatic carbocycles. The van der Waals surface area contributed by atoms with E-state index < -0.39 is 0 Å². The second kappa shape index (κ2) is 2.57. The predicted molar refractivity (Wildman–Crippen MR) is 50.4 cm³/mol. The SMILES string of the molecule is CN1[C@@H]2CC(=O)C[C@H]1[C@@H]1CC[C@@H]2C1. The molecule has 0 aromatic carbocycles. The lowest BCUT2D eigenvalue weighted by Crippen LogP contribution is -2.55. The third kappa shape index (κ3) is 1.01. The first-order valence-electron chi connectivity index (χ1n) is 5.49. The minimum absolute atomic E-state index is 0.518. The normalized spacial score (nSPS) is 49.8. The Hall–Kier alpha value is -0.370. The molecule has 0 N–H and O–H groups in total. The van der Waals surface area contributed by atoms with Crippen molar-refractivity contribution in [2.24, 2.45) is 11.8 Å². The monoisotopic (exact) mass is 179 g/mol. The lowest BCUT2D eigenvalue weighted by molar-refractivity contribution is -0.128. The maximum Gasteiger partial charge on any atom is 0.136 e. The highest BCUT2D eigenvalue weighted by Gasteiger charge is 2.48. The van der Waals surface area contributed by atoms with Gasteiger partial charge in [0.1, 0.15) is 5.78 Å². The zero-order chi connectivity index (χ0) is 9.00. The maximum atomic E-state index is 11.5. The number of piperidine rings is 2. The van der Waals surface area contributed by atoms with Gasteiger partial charge >= 0.3 is 0 Å². The van der Waals surface area contributed by atoms with E-state index in [0.717, 1.165) is 24.7 Å². The van der Waals surface area contributed by atoms with Crippen molar-refractivity contribution in [1.29, 1.82) is 0 Å². The number of rotatable bonds is 0. The molecule has 2 saturated heterocycles. The summed E-state index contributed by atoms with van der Waals surface area (Å²) >= 11 is 0. The zero-order valence-electron chi connectivity index (χ0n) is 8.20. The average Bonchev–Trinajstić information content (AvgIpc) is 2.52. The van der Waals surface area contributed by atoms with Crippen molar-refractivity contribution in [1.82, 2.24) is 4.90 Å². The Labute approximate surface area is 79.3 Å². The second-order valence-corrected chi connectivity index (χ2v) is 5.08. The van der Waals surface area contributed by atoms with Crippen LogP contribution in [0.3, 0.4) is 0 Å². The van der Waals surface area contributed by atoms with Crippen molar-refractivity contribution in [3.63, 3.8) is 0 Å². The van der Waals surface area contributed by atoms with Crippen LogP contribution in [-0.4, -0.2) is 29.8 Å². The van der Waals surface area contributed by atoms with E-state index in [2.05, 4.69) is 11.9 Å². The first-order chi connectivity index (χ1) is 6.25. The van der Waals surface area contributed by atoms with Gasteiger partial charge in [0.25, 0.3) is 0 Å². The van der Waals surface area contributed by atoms with Crippen molar-refractivity contribution in [3.8, 4) is 0 Å². The molecular weight excluding hydrogens is 162 g/mol. The van der Waals surface area contributed by atoms with Crippen LogP contribution in [0, 0.1) is 11.8 Å². The van der Waals surface area contributed by atoms with Crippen LogP contribution >= 0.6 is 0 Å². The Morgan fingerprint density at radius 3 is 2.23 bits per heavy atom. The van der Waals surface area contributed by atoms with Crippen LogP contribution in [-0.2, 0) is 4.79 Å². The molecule has 4 atom stereocenters. The van der Waals surface area contributed by atoms with Crippen LogP contribution in [0.5, 0.6) is 0 Å². The van der Waals surface area contributed by atoms with Crippen LogP contribution in [0.2, 0.25) is 0 Å². The number of hydrogen-bond acceptors (Lipinski definition) is 2. The molecule has 13 heavy (non-hydrogen) atoms. The fraction of sp³-hybridized carbons (Fsp3) is 0.909. The Morgan fingerprint density at radius 1 is 1.15 bits per heavy atom. The number of ketones is 1. The van der Waals surface area contributed by atoms with Gasteiger partial charge in [-0.2, -0.15) is 0 Å². The molecule has 0 amide bonds. The summed E-state index contributed by atoms with van der Waals surface area (Å²) in [5.74, 6) is 2.20. The average molecular weight is 179 g/mol. The number of Topliss-reactive ketones (excluding diaryl/α,β-unsaturated/α-hetero) is 1. The highest BCUT2D eigenvalue weighted by atomic mass is 16.1. The van der Waals surface area contributed by atoms with E-state index in [1.54, 1.807) is 0 Å². The van der Waals surface area contributed by atoms with E-state index in [1.165, 1.54) is 19.3 Å². The van der Waals surface area contributed by atoms with Crippen molar-refractivity contribution < 1.29 is 4.79 Å². The highest BCUT2D eigenvalue weighted by Crippen LogP contribution is 2.47. The van der Waals surface area contributed by atoms with Crippen molar-refractivity contribution in [2.75, 3.05) is 7.05 Å². The molecule has 1 saturated carbocycles. The van der Waals surface area contributed by atoms with Crippen LogP contribution in [0.15, 0.2) is 0 Å². The molecule has 0 aromatic rings. The van der Waals surface area contributed by atoms with Gasteiger partial charge in [0, 0.05) is 24.9 Å². The summed E-state index contributed by atoms with van der Waals surface area (Å²) in [5.41, 5.74) is 0. The van der Waals surface area contributed by atoms with Gasteiger partial charge in [-0.05, 0) is 38.1 Å². The van der Waals surface area contributed by atoms with Gasteiger partial charge in [0.2, 0.25) is 0 Å². The van der Waals surface area contributed by atoms with E-state index in [1.807, 2.05) is 0 Å². The largest absolute Gasteiger partial charge is 0.300 e. The van der Waals surface area contributed by atoms with Crippen LogP contribution < -0.4 is 0 Å². The van der Waals surface area contributed by atoms with Gasteiger partial charge in [-0.15, -0.1) is 0 Å². The van der Waals surface area contributed by atoms with Crippen molar-refractivity contribution in [3.05, 3.63) is 0 Å². The molecule has 3 rings (SSSR count). The molecule has 3 aliphatic rings. The molecule has 2 nitrogen and oxygen atoms in total. The van der Waals surface area contributed by atoms with Gasteiger partial charge in [-0.1, -0.05) is 0 Å². The van der Waals surface area contributed by atoms with Crippen molar-refractivity contribution in [2.45, 2.75) is 44.2 Å².